The standard InChI is InChI=1S/C3H11NOSi/c1-3-4-6-5-2/h4H,3,6H2,1-2H3. The van der Waals surface area contributed by atoms with Gasteiger partial charge in [0, 0.05) is 7.11 Å². The van der Waals surface area contributed by atoms with Crippen molar-refractivity contribution in [3.05, 3.63) is 0 Å². The third-order valence-corrected chi connectivity index (χ3v) is 1.49. The lowest BCUT2D eigenvalue weighted by molar-refractivity contribution is 0.432. The molecule has 0 aliphatic heterocycles. The average Bonchev–Trinajstić information content (AvgIpc) is 1.61. The third kappa shape index (κ3) is 4.14. The lowest BCUT2D eigenvalue weighted by atomic mass is 10.8. The summed E-state index contributed by atoms with van der Waals surface area (Å²) in [6.07, 6.45) is 0. The second kappa shape index (κ2) is 5.14. The molecule has 0 aromatic rings. The molecule has 0 saturated heterocycles. The van der Waals surface area contributed by atoms with E-state index in [0.29, 0.717) is 0 Å². The monoisotopic (exact) mass is 105 g/mol. The molecule has 0 fully saturated rings. The van der Waals surface area contributed by atoms with Gasteiger partial charge in [0.05, 0.1) is 0 Å². The van der Waals surface area contributed by atoms with Gasteiger partial charge in [-0.1, -0.05) is 6.92 Å². The second-order valence-electron chi connectivity index (χ2n) is 1.04. The first-order valence-corrected chi connectivity index (χ1v) is 3.40. The summed E-state index contributed by atoms with van der Waals surface area (Å²) < 4.78 is 4.81. The van der Waals surface area contributed by atoms with Crippen LogP contribution in [0.4, 0.5) is 0 Å². The molecule has 0 atom stereocenters. The highest BCUT2D eigenvalue weighted by molar-refractivity contribution is 6.23. The molecule has 0 amide bonds. The summed E-state index contributed by atoms with van der Waals surface area (Å²) in [5.41, 5.74) is 0. The molecule has 0 spiro atoms. The highest BCUT2D eigenvalue weighted by Crippen LogP contribution is 1.50. The van der Waals surface area contributed by atoms with Crippen molar-refractivity contribution >= 4 is 9.92 Å². The second-order valence-corrected chi connectivity index (χ2v) is 2.40. The van der Waals surface area contributed by atoms with Crippen molar-refractivity contribution < 1.29 is 4.43 Å². The molecule has 2 nitrogen and oxygen atoms in total. The zero-order valence-electron chi connectivity index (χ0n) is 4.32. The van der Waals surface area contributed by atoms with Crippen LogP contribution in [0.15, 0.2) is 0 Å². The topological polar surface area (TPSA) is 21.3 Å². The van der Waals surface area contributed by atoms with Crippen LogP contribution in [0, 0.1) is 0 Å². The normalized spacial score (nSPS) is 11.0. The van der Waals surface area contributed by atoms with Gasteiger partial charge in [-0.2, -0.15) is 0 Å². The summed E-state index contributed by atoms with van der Waals surface area (Å²) in [6.45, 7) is 3.12. The van der Waals surface area contributed by atoms with Crippen LogP contribution in [-0.4, -0.2) is 23.6 Å². The first-order chi connectivity index (χ1) is 2.91. The molecule has 0 bridgehead atoms. The molecular weight excluding hydrogens is 94.1 g/mol. The summed E-state index contributed by atoms with van der Waals surface area (Å²) in [7, 11) is 1.40. The van der Waals surface area contributed by atoms with E-state index in [1.807, 2.05) is 0 Å². The van der Waals surface area contributed by atoms with Crippen LogP contribution in [0.5, 0.6) is 0 Å². The fraction of sp³-hybridized carbons (Fsp3) is 1.00. The number of hydrogen-bond donors (Lipinski definition) is 1. The summed E-state index contributed by atoms with van der Waals surface area (Å²) in [6, 6.07) is 0. The van der Waals surface area contributed by atoms with Gasteiger partial charge < -0.3 is 9.41 Å². The lowest BCUT2D eigenvalue weighted by Gasteiger charge is -1.92. The number of rotatable bonds is 3. The van der Waals surface area contributed by atoms with E-state index in [0.717, 1.165) is 6.54 Å². The Morgan fingerprint density at radius 2 is 2.50 bits per heavy atom. The van der Waals surface area contributed by atoms with Crippen LogP contribution in [-0.2, 0) is 4.43 Å². The van der Waals surface area contributed by atoms with Crippen molar-refractivity contribution in [1.82, 2.24) is 4.98 Å². The Morgan fingerprint density at radius 3 is 2.67 bits per heavy atom. The molecule has 0 saturated carbocycles. The van der Waals surface area contributed by atoms with Gasteiger partial charge in [-0.05, 0) is 6.54 Å². The Morgan fingerprint density at radius 1 is 1.83 bits per heavy atom. The Bertz CT molecular complexity index is 22.8. The molecule has 3 heteroatoms. The van der Waals surface area contributed by atoms with E-state index < -0.39 is 0 Å². The van der Waals surface area contributed by atoms with Gasteiger partial charge in [-0.25, -0.2) is 0 Å². The van der Waals surface area contributed by atoms with E-state index in [4.69, 9.17) is 4.43 Å². The van der Waals surface area contributed by atoms with Gasteiger partial charge in [-0.3, -0.25) is 0 Å². The van der Waals surface area contributed by atoms with Gasteiger partial charge in [0.25, 0.3) is 0 Å². The zero-order chi connectivity index (χ0) is 4.83. The van der Waals surface area contributed by atoms with Crippen LogP contribution < -0.4 is 4.98 Å². The maximum atomic E-state index is 4.81. The van der Waals surface area contributed by atoms with Crippen molar-refractivity contribution in [2.45, 2.75) is 6.92 Å². The molecule has 6 heavy (non-hydrogen) atoms. The van der Waals surface area contributed by atoms with Crippen LogP contribution in [0.2, 0.25) is 0 Å². The van der Waals surface area contributed by atoms with E-state index in [-0.39, 0.29) is 9.92 Å². The van der Waals surface area contributed by atoms with Crippen LogP contribution >= 0.6 is 0 Å². The molecule has 0 aromatic carbocycles. The van der Waals surface area contributed by atoms with Gasteiger partial charge in [0.1, 0.15) is 0 Å². The van der Waals surface area contributed by atoms with Crippen molar-refractivity contribution in [2.75, 3.05) is 13.7 Å². The smallest absolute Gasteiger partial charge is 0.235 e. The van der Waals surface area contributed by atoms with Crippen molar-refractivity contribution in [2.24, 2.45) is 0 Å². The van der Waals surface area contributed by atoms with Crippen LogP contribution in [0.3, 0.4) is 0 Å². The Hall–Kier alpha value is 0.137. The Kier molecular flexibility index (Phi) is 5.25. The molecule has 0 rings (SSSR count). The van der Waals surface area contributed by atoms with Crippen molar-refractivity contribution in [1.29, 1.82) is 0 Å². The molecular formula is C3H11NOSi. The molecule has 0 radical (unpaired) electrons. The third-order valence-electron chi connectivity index (χ3n) is 0.496. The molecule has 0 aromatic heterocycles. The van der Waals surface area contributed by atoms with E-state index in [1.54, 1.807) is 7.11 Å². The van der Waals surface area contributed by atoms with E-state index >= 15 is 0 Å². The number of nitrogens with one attached hydrogen (secondary N) is 1. The molecule has 0 aliphatic carbocycles. The van der Waals surface area contributed by atoms with Crippen molar-refractivity contribution in [3.63, 3.8) is 0 Å². The SMILES string of the molecule is CCN[SiH2]OC. The summed E-state index contributed by atoms with van der Waals surface area (Å²) >= 11 is 0. The minimum Gasteiger partial charge on any atom is -0.412 e. The fourth-order valence-electron chi connectivity index (χ4n) is 0.204. The molecule has 1 N–H and O–H groups in total. The Labute approximate surface area is 40.9 Å². The zero-order valence-corrected chi connectivity index (χ0v) is 5.74. The first-order valence-electron chi connectivity index (χ1n) is 2.11. The Balaban J connectivity index is 2.34. The summed E-state index contributed by atoms with van der Waals surface area (Å²) in [4.78, 5) is 3.11. The van der Waals surface area contributed by atoms with Crippen molar-refractivity contribution in [3.8, 4) is 0 Å². The predicted molar refractivity (Wildman–Crippen MR) is 29.2 cm³/mol. The quantitative estimate of drug-likeness (QED) is 0.376. The largest absolute Gasteiger partial charge is 0.412 e. The molecule has 0 aliphatic rings. The maximum Gasteiger partial charge on any atom is 0.235 e. The highest BCUT2D eigenvalue weighted by atomic mass is 28.2. The predicted octanol–water partition coefficient (Wildman–Crippen LogP) is -0.759. The van der Waals surface area contributed by atoms with E-state index in [9.17, 15) is 0 Å². The van der Waals surface area contributed by atoms with Crippen LogP contribution in [0.1, 0.15) is 6.92 Å². The minimum atomic E-state index is -0.328. The number of hydrogen-bond acceptors (Lipinski definition) is 2. The maximum absolute atomic E-state index is 4.81. The lowest BCUT2D eigenvalue weighted by Crippen LogP contribution is -2.19. The summed E-state index contributed by atoms with van der Waals surface area (Å²) in [5.74, 6) is 0. The van der Waals surface area contributed by atoms with Crippen LogP contribution in [0.25, 0.3) is 0 Å². The molecule has 0 unspecified atom stereocenters. The van der Waals surface area contributed by atoms with Gasteiger partial charge >= 0.3 is 0 Å². The van der Waals surface area contributed by atoms with Gasteiger partial charge in [0.15, 0.2) is 0 Å². The van der Waals surface area contributed by atoms with E-state index in [2.05, 4.69) is 11.9 Å². The fourth-order valence-corrected chi connectivity index (χ4v) is 0.612. The van der Waals surface area contributed by atoms with Gasteiger partial charge in [0.2, 0.25) is 9.92 Å². The highest BCUT2D eigenvalue weighted by Gasteiger charge is 1.72. The van der Waals surface area contributed by atoms with E-state index in [1.165, 1.54) is 0 Å². The molecule has 0 heterocycles. The average molecular weight is 105 g/mol. The first kappa shape index (κ1) is 6.14. The minimum absolute atomic E-state index is 0.328. The van der Waals surface area contributed by atoms with Gasteiger partial charge in [-0.15, -0.1) is 0 Å². The summed E-state index contributed by atoms with van der Waals surface area (Å²) in [5, 5.41) is 0. The molecule has 38 valence electrons.